The molecule has 7 nitrogen and oxygen atoms in total. The maximum atomic E-state index is 11.9. The average Bonchev–Trinajstić information content (AvgIpc) is 2.27. The van der Waals surface area contributed by atoms with Crippen LogP contribution < -0.4 is 4.74 Å². The second-order valence-electron chi connectivity index (χ2n) is 3.53. The molecule has 0 unspecified atom stereocenters. The Hall–Kier alpha value is -1.70. The van der Waals surface area contributed by atoms with Crippen LogP contribution in [0, 0.1) is 10.1 Å². The number of hydrogen-bond donors (Lipinski definition) is 0. The summed E-state index contributed by atoms with van der Waals surface area (Å²) in [5, 5.41) is 9.40. The zero-order valence-electron chi connectivity index (χ0n) is 9.58. The molecule has 0 aromatic carbocycles. The summed E-state index contributed by atoms with van der Waals surface area (Å²) in [6, 6.07) is 2.32. The van der Waals surface area contributed by atoms with Crippen LogP contribution in [-0.4, -0.2) is 30.7 Å². The normalized spacial score (nSPS) is 11.5. The number of pyridine rings is 1. The molecule has 1 aromatic heterocycles. The Balaban J connectivity index is 3.54. The van der Waals surface area contributed by atoms with E-state index in [1.807, 2.05) is 0 Å². The van der Waals surface area contributed by atoms with Gasteiger partial charge in [0.2, 0.25) is 20.7 Å². The van der Waals surface area contributed by atoms with E-state index in [1.165, 1.54) is 27.0 Å². The summed E-state index contributed by atoms with van der Waals surface area (Å²) in [6.07, 6.45) is 0. The van der Waals surface area contributed by atoms with Crippen molar-refractivity contribution in [3.8, 4) is 5.88 Å². The van der Waals surface area contributed by atoms with Crippen molar-refractivity contribution in [3.63, 3.8) is 0 Å². The van der Waals surface area contributed by atoms with Gasteiger partial charge in [-0.25, -0.2) is 8.42 Å². The smallest absolute Gasteiger partial charge is 0.306 e. The summed E-state index contributed by atoms with van der Waals surface area (Å²) in [5.41, 5.74) is -0.542. The molecule has 0 radical (unpaired) electrons. The molecule has 17 heavy (non-hydrogen) atoms. The van der Waals surface area contributed by atoms with E-state index in [0.29, 0.717) is 0 Å². The average molecular weight is 260 g/mol. The number of aromatic nitrogens is 1. The van der Waals surface area contributed by atoms with E-state index >= 15 is 0 Å². The predicted molar refractivity (Wildman–Crippen MR) is 59.8 cm³/mol. The van der Waals surface area contributed by atoms with Gasteiger partial charge in [0.05, 0.1) is 17.3 Å². The van der Waals surface area contributed by atoms with E-state index in [-0.39, 0.29) is 5.88 Å². The fourth-order valence-electron chi connectivity index (χ4n) is 1.10. The fourth-order valence-corrected chi connectivity index (χ4v) is 2.20. The molecule has 0 aliphatic heterocycles. The Morgan fingerprint density at radius 3 is 2.41 bits per heavy atom. The summed E-state index contributed by atoms with van der Waals surface area (Å²) in [5.74, 6) is 0.0230. The first-order chi connectivity index (χ1) is 7.80. The largest absolute Gasteiger partial charge is 0.481 e. The van der Waals surface area contributed by atoms with Gasteiger partial charge in [-0.05, 0) is 13.8 Å². The van der Waals surface area contributed by atoms with Crippen molar-refractivity contribution in [2.75, 3.05) is 7.11 Å². The third-order valence-electron chi connectivity index (χ3n) is 2.11. The van der Waals surface area contributed by atoms with Crippen LogP contribution in [0.3, 0.4) is 0 Å². The van der Waals surface area contributed by atoms with Crippen LogP contribution >= 0.6 is 0 Å². The van der Waals surface area contributed by atoms with Gasteiger partial charge in [-0.1, -0.05) is 0 Å². The molecule has 0 N–H and O–H groups in total. The third-order valence-corrected chi connectivity index (χ3v) is 4.19. The van der Waals surface area contributed by atoms with Crippen LogP contribution in [0.15, 0.2) is 17.2 Å². The van der Waals surface area contributed by atoms with Crippen LogP contribution in [0.2, 0.25) is 0 Å². The maximum absolute atomic E-state index is 11.9. The summed E-state index contributed by atoms with van der Waals surface area (Å²) in [7, 11) is -2.51. The maximum Gasteiger partial charge on any atom is 0.306 e. The van der Waals surface area contributed by atoms with Gasteiger partial charge in [0, 0.05) is 12.1 Å². The molecule has 0 saturated carbocycles. The molecule has 94 valence electrons. The third kappa shape index (κ3) is 2.52. The van der Waals surface area contributed by atoms with E-state index in [9.17, 15) is 18.5 Å². The molecule has 0 fully saturated rings. The second-order valence-corrected chi connectivity index (χ2v) is 5.95. The van der Waals surface area contributed by atoms with E-state index in [2.05, 4.69) is 4.98 Å². The number of ether oxygens (including phenoxy) is 1. The quantitative estimate of drug-likeness (QED) is 0.595. The highest BCUT2D eigenvalue weighted by atomic mass is 32.2. The molecule has 1 heterocycles. The van der Waals surface area contributed by atoms with Gasteiger partial charge in [0.15, 0.2) is 0 Å². The van der Waals surface area contributed by atoms with Crippen molar-refractivity contribution < 1.29 is 18.1 Å². The van der Waals surface area contributed by atoms with E-state index < -0.39 is 30.7 Å². The minimum absolute atomic E-state index is 0.0230. The van der Waals surface area contributed by atoms with Gasteiger partial charge in [0.25, 0.3) is 0 Å². The van der Waals surface area contributed by atoms with Crippen molar-refractivity contribution in [1.29, 1.82) is 0 Å². The molecule has 0 atom stereocenters. The van der Waals surface area contributed by atoms with Crippen LogP contribution in [0.1, 0.15) is 13.8 Å². The molecule has 0 bridgehead atoms. The van der Waals surface area contributed by atoms with E-state index in [4.69, 9.17) is 4.74 Å². The zero-order chi connectivity index (χ0) is 13.2. The van der Waals surface area contributed by atoms with E-state index in [1.54, 1.807) is 0 Å². The number of nitro groups is 1. The molecular weight excluding hydrogens is 248 g/mol. The molecule has 8 heteroatoms. The number of hydrogen-bond acceptors (Lipinski definition) is 6. The lowest BCUT2D eigenvalue weighted by Crippen LogP contribution is -2.17. The van der Waals surface area contributed by atoms with Crippen molar-refractivity contribution in [1.82, 2.24) is 4.98 Å². The standard InChI is InChI=1S/C9H12N2O5S/c1-6(2)17(14,15)9-7(11(12)13)4-5-8(10-9)16-3/h4-6H,1-3H3. The van der Waals surface area contributed by atoms with Crippen molar-refractivity contribution in [3.05, 3.63) is 22.2 Å². The predicted octanol–water partition coefficient (Wildman–Crippen LogP) is 1.18. The zero-order valence-corrected chi connectivity index (χ0v) is 10.4. The van der Waals surface area contributed by atoms with Crippen molar-refractivity contribution >= 4 is 15.5 Å². The second kappa shape index (κ2) is 4.66. The van der Waals surface area contributed by atoms with E-state index in [0.717, 1.165) is 6.07 Å². The molecule has 0 spiro atoms. The first kappa shape index (κ1) is 13.4. The number of sulfone groups is 1. The van der Waals surface area contributed by atoms with Gasteiger partial charge >= 0.3 is 5.69 Å². The topological polar surface area (TPSA) is 99.4 Å². The lowest BCUT2D eigenvalue weighted by atomic mass is 10.4. The summed E-state index contributed by atoms with van der Waals surface area (Å²) in [4.78, 5) is 13.6. The SMILES string of the molecule is COc1ccc([N+](=O)[O-])c(S(=O)(=O)C(C)C)n1. The molecule has 0 aliphatic carbocycles. The molecule has 0 saturated heterocycles. The Morgan fingerprint density at radius 2 is 2.00 bits per heavy atom. The van der Waals surface area contributed by atoms with Gasteiger partial charge in [-0.2, -0.15) is 4.98 Å². The molecule has 0 amide bonds. The number of nitrogens with zero attached hydrogens (tertiary/aromatic N) is 2. The van der Waals surface area contributed by atoms with Crippen molar-refractivity contribution in [2.24, 2.45) is 0 Å². The molecular formula is C9H12N2O5S. The Kier molecular flexibility index (Phi) is 3.66. The fraction of sp³-hybridized carbons (Fsp3) is 0.444. The van der Waals surface area contributed by atoms with Crippen molar-refractivity contribution in [2.45, 2.75) is 24.1 Å². The number of rotatable bonds is 4. The Morgan fingerprint density at radius 1 is 1.41 bits per heavy atom. The lowest BCUT2D eigenvalue weighted by Gasteiger charge is -2.08. The van der Waals surface area contributed by atoms with Crippen LogP contribution in [-0.2, 0) is 9.84 Å². The highest BCUT2D eigenvalue weighted by molar-refractivity contribution is 7.92. The lowest BCUT2D eigenvalue weighted by molar-refractivity contribution is -0.388. The van der Waals surface area contributed by atoms with Gasteiger partial charge in [0.1, 0.15) is 0 Å². The van der Waals surface area contributed by atoms with Gasteiger partial charge < -0.3 is 4.74 Å². The van der Waals surface area contributed by atoms with Crippen LogP contribution in [0.25, 0.3) is 0 Å². The van der Waals surface area contributed by atoms with Gasteiger partial charge in [-0.3, -0.25) is 10.1 Å². The number of methoxy groups -OCH3 is 1. The first-order valence-electron chi connectivity index (χ1n) is 4.74. The highest BCUT2D eigenvalue weighted by Crippen LogP contribution is 2.27. The Labute approximate surface area is 98.5 Å². The van der Waals surface area contributed by atoms with Crippen LogP contribution in [0.5, 0.6) is 5.88 Å². The van der Waals surface area contributed by atoms with Crippen LogP contribution in [0.4, 0.5) is 5.69 Å². The monoisotopic (exact) mass is 260 g/mol. The van der Waals surface area contributed by atoms with Gasteiger partial charge in [-0.15, -0.1) is 0 Å². The summed E-state index contributed by atoms with van der Waals surface area (Å²) in [6.45, 7) is 2.86. The minimum Gasteiger partial charge on any atom is -0.481 e. The molecule has 1 aromatic rings. The Bertz CT molecular complexity index is 538. The molecule has 1 rings (SSSR count). The first-order valence-corrected chi connectivity index (χ1v) is 6.28. The minimum atomic E-state index is -3.82. The molecule has 0 aliphatic rings. The highest BCUT2D eigenvalue weighted by Gasteiger charge is 2.31. The summed E-state index contributed by atoms with van der Waals surface area (Å²) >= 11 is 0. The summed E-state index contributed by atoms with van der Waals surface area (Å²) < 4.78 is 28.6.